The van der Waals surface area contributed by atoms with Gasteiger partial charge in [-0.15, -0.1) is 0 Å². The van der Waals surface area contributed by atoms with Crippen LogP contribution in [-0.2, 0) is 0 Å². The van der Waals surface area contributed by atoms with Crippen molar-refractivity contribution in [2.24, 2.45) is 0 Å². The molecule has 0 radical (unpaired) electrons. The lowest BCUT2D eigenvalue weighted by molar-refractivity contribution is -0.00585. The maximum atomic E-state index is 13.6. The molecule has 4 aromatic rings. The summed E-state index contributed by atoms with van der Waals surface area (Å²) in [5.41, 5.74) is 2.98. The molecule has 1 N–H and O–H groups in total. The number of carboxylic acid groups (broad SMARTS) is 1. The summed E-state index contributed by atoms with van der Waals surface area (Å²) in [4.78, 5) is 49.5. The van der Waals surface area contributed by atoms with Gasteiger partial charge < -0.3 is 19.5 Å². The number of amides is 1. The van der Waals surface area contributed by atoms with Crippen molar-refractivity contribution in [3.63, 3.8) is 0 Å². The van der Waals surface area contributed by atoms with Crippen molar-refractivity contribution in [3.8, 4) is 22.8 Å². The van der Waals surface area contributed by atoms with E-state index in [4.69, 9.17) is 14.5 Å². The molecule has 0 bridgehead atoms. The zero-order valence-electron chi connectivity index (χ0n) is 23.1. The number of nitrogens with zero attached hydrogens (tertiary/aromatic N) is 3. The summed E-state index contributed by atoms with van der Waals surface area (Å²) in [7, 11) is 1.61. The van der Waals surface area contributed by atoms with Crippen molar-refractivity contribution < 1.29 is 29.0 Å². The highest BCUT2D eigenvalue weighted by atomic mass is 16.5. The Balaban J connectivity index is 1.11. The fourth-order valence-electron chi connectivity index (χ4n) is 6.25. The molecule has 7 rings (SSSR count). The van der Waals surface area contributed by atoms with Crippen LogP contribution in [0.4, 0.5) is 0 Å². The van der Waals surface area contributed by atoms with Gasteiger partial charge in [0.1, 0.15) is 22.8 Å². The normalized spacial score (nSPS) is 17.5. The Morgan fingerprint density at radius 3 is 2.62 bits per heavy atom. The quantitative estimate of drug-likeness (QED) is 0.337. The van der Waals surface area contributed by atoms with Gasteiger partial charge >= 0.3 is 5.97 Å². The number of ketones is 1. The van der Waals surface area contributed by atoms with E-state index in [1.54, 1.807) is 42.3 Å². The standard InChI is InChI=1S/C33H29N3O6/c1-41-28-17-25(35-30-21(19-7-8-19)4-2-5-22(28)30)31(38)36-14-11-33(12-15-36)18-26(37)24-16-20(9-10-27(24)42-33)29-23(32(39)40)6-3-13-34-29/h2-6,9-10,13,16-17,19H,7-8,11-12,14-15,18H2,1H3,(H,39,40). The second kappa shape index (κ2) is 9.94. The van der Waals surface area contributed by atoms with Crippen LogP contribution < -0.4 is 9.47 Å². The zero-order valence-corrected chi connectivity index (χ0v) is 23.1. The van der Waals surface area contributed by atoms with Gasteiger partial charge in [-0.3, -0.25) is 14.6 Å². The molecule has 42 heavy (non-hydrogen) atoms. The molecule has 2 fully saturated rings. The Hall–Kier alpha value is -4.79. The number of carbonyl (C=O) groups excluding carboxylic acids is 2. The number of carboxylic acids is 1. The summed E-state index contributed by atoms with van der Waals surface area (Å²) in [5.74, 6) is 0.272. The smallest absolute Gasteiger partial charge is 0.337 e. The minimum atomic E-state index is -1.08. The van der Waals surface area contributed by atoms with Crippen LogP contribution in [0.3, 0.4) is 0 Å². The van der Waals surface area contributed by atoms with E-state index in [1.165, 1.54) is 12.3 Å². The third kappa shape index (κ3) is 4.45. The van der Waals surface area contributed by atoms with Crippen LogP contribution in [0.5, 0.6) is 11.5 Å². The number of pyridine rings is 2. The number of rotatable bonds is 5. The number of hydrogen-bond donors (Lipinski definition) is 1. The van der Waals surface area contributed by atoms with Crippen molar-refractivity contribution >= 4 is 28.6 Å². The van der Waals surface area contributed by atoms with Gasteiger partial charge in [-0.05, 0) is 60.7 Å². The predicted octanol–water partition coefficient (Wildman–Crippen LogP) is 5.52. The maximum Gasteiger partial charge on any atom is 0.337 e. The lowest BCUT2D eigenvalue weighted by atomic mass is 9.82. The number of likely N-dealkylation sites (tertiary alicyclic amines) is 1. The number of fused-ring (bicyclic) bond motifs is 2. The fraction of sp³-hybridized carbons (Fsp3) is 0.303. The topological polar surface area (TPSA) is 119 Å². The van der Waals surface area contributed by atoms with E-state index in [0.29, 0.717) is 65.9 Å². The van der Waals surface area contributed by atoms with E-state index >= 15 is 0 Å². The molecule has 3 aliphatic rings. The number of carbonyl (C=O) groups is 3. The molecular weight excluding hydrogens is 534 g/mol. The molecule has 9 nitrogen and oxygen atoms in total. The summed E-state index contributed by atoms with van der Waals surface area (Å²) in [6, 6.07) is 16.0. The second-order valence-electron chi connectivity index (χ2n) is 11.3. The van der Waals surface area contributed by atoms with Gasteiger partial charge in [-0.1, -0.05) is 12.1 Å². The Morgan fingerprint density at radius 1 is 1.07 bits per heavy atom. The van der Waals surface area contributed by atoms with Crippen molar-refractivity contribution in [2.45, 2.75) is 43.6 Å². The number of benzene rings is 2. The lowest BCUT2D eigenvalue weighted by Gasteiger charge is -2.44. The van der Waals surface area contributed by atoms with Gasteiger partial charge in [0.05, 0.1) is 35.9 Å². The molecule has 1 saturated heterocycles. The van der Waals surface area contributed by atoms with E-state index in [0.717, 1.165) is 29.3 Å². The first-order chi connectivity index (χ1) is 20.4. The lowest BCUT2D eigenvalue weighted by Crippen LogP contribution is -2.52. The van der Waals surface area contributed by atoms with Gasteiger partial charge in [0.15, 0.2) is 5.78 Å². The number of aromatic carboxylic acids is 1. The van der Waals surface area contributed by atoms with Crippen LogP contribution in [0.2, 0.25) is 0 Å². The third-order valence-electron chi connectivity index (χ3n) is 8.65. The number of ether oxygens (including phenoxy) is 2. The van der Waals surface area contributed by atoms with Crippen LogP contribution in [0.1, 0.15) is 74.8 Å². The monoisotopic (exact) mass is 563 g/mol. The van der Waals surface area contributed by atoms with E-state index in [1.807, 2.05) is 12.1 Å². The third-order valence-corrected chi connectivity index (χ3v) is 8.65. The predicted molar refractivity (Wildman–Crippen MR) is 154 cm³/mol. The molecule has 1 spiro atoms. The molecule has 4 heterocycles. The van der Waals surface area contributed by atoms with Gasteiger partial charge in [0, 0.05) is 49.1 Å². The van der Waals surface area contributed by atoms with Crippen molar-refractivity contribution in [1.29, 1.82) is 0 Å². The highest BCUT2D eigenvalue weighted by Gasteiger charge is 2.44. The van der Waals surface area contributed by atoms with Crippen molar-refractivity contribution in [3.05, 3.63) is 83.2 Å². The Morgan fingerprint density at radius 2 is 1.88 bits per heavy atom. The Labute approximate surface area is 242 Å². The van der Waals surface area contributed by atoms with Crippen molar-refractivity contribution in [1.82, 2.24) is 14.9 Å². The van der Waals surface area contributed by atoms with Gasteiger partial charge in [-0.2, -0.15) is 0 Å². The number of Topliss-reactive ketones (excluding diaryl/α,β-unsaturated/α-hetero) is 1. The average molecular weight is 564 g/mol. The van der Waals surface area contributed by atoms with Crippen LogP contribution >= 0.6 is 0 Å². The molecule has 1 saturated carbocycles. The molecule has 1 amide bonds. The molecule has 0 unspecified atom stereocenters. The second-order valence-corrected chi connectivity index (χ2v) is 11.3. The van der Waals surface area contributed by atoms with Crippen LogP contribution in [-0.4, -0.2) is 63.4 Å². The van der Waals surface area contributed by atoms with E-state index in [9.17, 15) is 19.5 Å². The minimum absolute atomic E-state index is 0.0671. The molecule has 9 heteroatoms. The van der Waals surface area contributed by atoms with Crippen LogP contribution in [0, 0.1) is 0 Å². The van der Waals surface area contributed by atoms with E-state index < -0.39 is 11.6 Å². The summed E-state index contributed by atoms with van der Waals surface area (Å²) >= 11 is 0. The first kappa shape index (κ1) is 26.1. The van der Waals surface area contributed by atoms with E-state index in [2.05, 4.69) is 11.1 Å². The molecule has 1 aliphatic carbocycles. The molecule has 212 valence electrons. The largest absolute Gasteiger partial charge is 0.496 e. The number of aromatic nitrogens is 2. The van der Waals surface area contributed by atoms with Gasteiger partial charge in [0.2, 0.25) is 0 Å². The summed E-state index contributed by atoms with van der Waals surface area (Å²) in [6.07, 6.45) is 4.99. The highest BCUT2D eigenvalue weighted by molar-refractivity contribution is 6.02. The maximum absolute atomic E-state index is 13.6. The molecular formula is C33H29N3O6. The van der Waals surface area contributed by atoms with Gasteiger partial charge in [-0.25, -0.2) is 9.78 Å². The van der Waals surface area contributed by atoms with Gasteiger partial charge in [0.25, 0.3) is 5.91 Å². The highest BCUT2D eigenvalue weighted by Crippen LogP contribution is 2.44. The number of methoxy groups -OCH3 is 1. The Kier molecular flexibility index (Phi) is 6.18. The molecule has 2 aromatic heterocycles. The van der Waals surface area contributed by atoms with Crippen LogP contribution in [0.15, 0.2) is 60.8 Å². The first-order valence-corrected chi connectivity index (χ1v) is 14.2. The number of piperidine rings is 1. The SMILES string of the molecule is COc1cc(C(=O)N2CCC3(CC2)CC(=O)c2cc(-c4ncccc4C(=O)O)ccc2O3)nc2c(C3CC3)cccc12. The molecule has 0 atom stereocenters. The zero-order chi connectivity index (χ0) is 29.0. The minimum Gasteiger partial charge on any atom is -0.496 e. The number of hydrogen-bond acceptors (Lipinski definition) is 7. The van der Waals surface area contributed by atoms with Crippen LogP contribution in [0.25, 0.3) is 22.2 Å². The Bertz CT molecular complexity index is 1770. The summed E-state index contributed by atoms with van der Waals surface area (Å²) < 4.78 is 12.1. The fourth-order valence-corrected chi connectivity index (χ4v) is 6.25. The molecule has 2 aromatic carbocycles. The first-order valence-electron chi connectivity index (χ1n) is 14.2. The molecule has 2 aliphatic heterocycles. The average Bonchev–Trinajstić information content (AvgIpc) is 3.86. The summed E-state index contributed by atoms with van der Waals surface area (Å²) in [6.45, 7) is 0.865. The van der Waals surface area contributed by atoms with Crippen molar-refractivity contribution in [2.75, 3.05) is 20.2 Å². The summed E-state index contributed by atoms with van der Waals surface area (Å²) in [5, 5.41) is 10.5. The van der Waals surface area contributed by atoms with E-state index in [-0.39, 0.29) is 23.7 Å². The number of para-hydroxylation sites is 1.